The van der Waals surface area contributed by atoms with Crippen molar-refractivity contribution in [1.29, 1.82) is 0 Å². The van der Waals surface area contributed by atoms with Crippen LogP contribution in [0.5, 0.6) is 11.5 Å². The summed E-state index contributed by atoms with van der Waals surface area (Å²) in [6.45, 7) is 1.89. The summed E-state index contributed by atoms with van der Waals surface area (Å²) in [7, 11) is 4.98. The number of nitrogens with one attached hydrogen (secondary N) is 1. The highest BCUT2D eigenvalue weighted by atomic mass is 16.5. The van der Waals surface area contributed by atoms with Crippen LogP contribution in [-0.4, -0.2) is 27.1 Å². The average molecular weight is 208 g/mol. The molecule has 4 nitrogen and oxygen atoms in total. The van der Waals surface area contributed by atoms with Crippen LogP contribution in [0.25, 0.3) is 0 Å². The normalized spacial score (nSPS) is 11.1. The van der Waals surface area contributed by atoms with Crippen molar-refractivity contribution in [3.8, 4) is 11.5 Å². The maximum Gasteiger partial charge on any atom is 0.124 e. The first-order chi connectivity index (χ1) is 7.19. The predicted molar refractivity (Wildman–Crippen MR) is 62.2 cm³/mol. The number of amidine groups is 1. The van der Waals surface area contributed by atoms with E-state index in [2.05, 4.69) is 10.3 Å². The molecular formula is C11H16N2O2. The van der Waals surface area contributed by atoms with Gasteiger partial charge in [0.25, 0.3) is 0 Å². The fourth-order valence-electron chi connectivity index (χ4n) is 1.14. The van der Waals surface area contributed by atoms with Crippen LogP contribution < -0.4 is 14.8 Å². The van der Waals surface area contributed by atoms with Crippen LogP contribution in [0.15, 0.2) is 23.2 Å². The minimum atomic E-state index is 0.751. The molecule has 0 unspecified atom stereocenters. The Bertz CT molecular complexity index is 339. The molecule has 0 fully saturated rings. The molecule has 0 aromatic heterocycles. The Kier molecular flexibility index (Phi) is 3.97. The number of benzene rings is 1. The van der Waals surface area contributed by atoms with Crippen LogP contribution in [0.3, 0.4) is 0 Å². The van der Waals surface area contributed by atoms with Gasteiger partial charge in [0.15, 0.2) is 0 Å². The molecule has 1 rings (SSSR count). The zero-order valence-corrected chi connectivity index (χ0v) is 9.50. The first-order valence-electron chi connectivity index (χ1n) is 4.63. The standard InChI is InChI=1S/C11H16N2O2/c1-8(12-2)13-9-5-10(14-3)7-11(6-9)15-4/h5-7H,1-4H3,(H,12,13). The van der Waals surface area contributed by atoms with E-state index in [1.165, 1.54) is 0 Å². The van der Waals surface area contributed by atoms with Gasteiger partial charge in [-0.15, -0.1) is 0 Å². The third kappa shape index (κ3) is 3.16. The molecule has 1 N–H and O–H groups in total. The molecule has 0 aliphatic rings. The van der Waals surface area contributed by atoms with Crippen molar-refractivity contribution in [1.82, 2.24) is 0 Å². The highest BCUT2D eigenvalue weighted by molar-refractivity contribution is 5.93. The van der Waals surface area contributed by atoms with Gasteiger partial charge >= 0.3 is 0 Å². The quantitative estimate of drug-likeness (QED) is 0.611. The van der Waals surface area contributed by atoms with Crippen LogP contribution in [0, 0.1) is 0 Å². The zero-order valence-electron chi connectivity index (χ0n) is 9.50. The molecule has 15 heavy (non-hydrogen) atoms. The van der Waals surface area contributed by atoms with Gasteiger partial charge in [-0.3, -0.25) is 4.99 Å². The number of rotatable bonds is 3. The van der Waals surface area contributed by atoms with Gasteiger partial charge in [0.2, 0.25) is 0 Å². The average Bonchev–Trinajstić information content (AvgIpc) is 2.28. The van der Waals surface area contributed by atoms with Gasteiger partial charge in [-0.2, -0.15) is 0 Å². The summed E-state index contributed by atoms with van der Waals surface area (Å²) < 4.78 is 10.3. The summed E-state index contributed by atoms with van der Waals surface area (Å²) >= 11 is 0. The Morgan fingerprint density at radius 1 is 1.13 bits per heavy atom. The molecular weight excluding hydrogens is 192 g/mol. The van der Waals surface area contributed by atoms with E-state index in [0.717, 1.165) is 23.0 Å². The first kappa shape index (κ1) is 11.4. The number of hydrogen-bond acceptors (Lipinski definition) is 3. The summed E-state index contributed by atoms with van der Waals surface area (Å²) in [5.74, 6) is 2.34. The van der Waals surface area contributed by atoms with Gasteiger partial charge in [-0.05, 0) is 6.92 Å². The second kappa shape index (κ2) is 5.24. The molecule has 0 atom stereocenters. The monoisotopic (exact) mass is 208 g/mol. The Hall–Kier alpha value is -1.71. The molecule has 1 aromatic carbocycles. The van der Waals surface area contributed by atoms with E-state index in [0.29, 0.717) is 0 Å². The Labute approximate surface area is 89.9 Å². The Morgan fingerprint density at radius 2 is 1.67 bits per heavy atom. The van der Waals surface area contributed by atoms with Gasteiger partial charge < -0.3 is 14.8 Å². The maximum absolute atomic E-state index is 5.15. The lowest BCUT2D eigenvalue weighted by Gasteiger charge is -2.09. The molecule has 0 bridgehead atoms. The van der Waals surface area contributed by atoms with Gasteiger partial charge in [0.05, 0.1) is 20.1 Å². The molecule has 82 valence electrons. The van der Waals surface area contributed by atoms with Crippen molar-refractivity contribution in [2.75, 3.05) is 26.6 Å². The molecule has 0 aliphatic heterocycles. The van der Waals surface area contributed by atoms with Crippen molar-refractivity contribution in [2.24, 2.45) is 4.99 Å². The summed E-state index contributed by atoms with van der Waals surface area (Å²) in [6.07, 6.45) is 0. The molecule has 0 spiro atoms. The van der Waals surface area contributed by atoms with Crippen molar-refractivity contribution in [2.45, 2.75) is 6.92 Å². The van der Waals surface area contributed by atoms with Crippen LogP contribution in [0.4, 0.5) is 5.69 Å². The molecule has 0 saturated carbocycles. The molecule has 0 heterocycles. The van der Waals surface area contributed by atoms with E-state index in [1.54, 1.807) is 21.3 Å². The molecule has 0 amide bonds. The SMILES string of the molecule is CN=C(C)Nc1cc(OC)cc(OC)c1. The van der Waals surface area contributed by atoms with E-state index in [9.17, 15) is 0 Å². The summed E-state index contributed by atoms with van der Waals surface area (Å²) in [6, 6.07) is 5.60. The van der Waals surface area contributed by atoms with Crippen LogP contribution in [-0.2, 0) is 0 Å². The molecule has 4 heteroatoms. The minimum absolute atomic E-state index is 0.751. The van der Waals surface area contributed by atoms with Crippen molar-refractivity contribution < 1.29 is 9.47 Å². The molecule has 0 aliphatic carbocycles. The lowest BCUT2D eigenvalue weighted by Crippen LogP contribution is -2.06. The topological polar surface area (TPSA) is 42.9 Å². The number of nitrogens with zero attached hydrogens (tertiary/aromatic N) is 1. The summed E-state index contributed by atoms with van der Waals surface area (Å²) in [5, 5.41) is 3.13. The summed E-state index contributed by atoms with van der Waals surface area (Å²) in [4.78, 5) is 4.02. The number of aliphatic imine (C=N–C) groups is 1. The molecule has 0 saturated heterocycles. The zero-order chi connectivity index (χ0) is 11.3. The van der Waals surface area contributed by atoms with Gasteiger partial charge in [0, 0.05) is 30.9 Å². The van der Waals surface area contributed by atoms with Gasteiger partial charge in [0.1, 0.15) is 11.5 Å². The third-order valence-electron chi connectivity index (χ3n) is 2.01. The fourth-order valence-corrected chi connectivity index (χ4v) is 1.14. The Balaban J connectivity index is 2.96. The van der Waals surface area contributed by atoms with E-state index in [1.807, 2.05) is 25.1 Å². The highest BCUT2D eigenvalue weighted by Crippen LogP contribution is 2.25. The van der Waals surface area contributed by atoms with Gasteiger partial charge in [-0.25, -0.2) is 0 Å². The lowest BCUT2D eigenvalue weighted by molar-refractivity contribution is 0.395. The van der Waals surface area contributed by atoms with Gasteiger partial charge in [-0.1, -0.05) is 0 Å². The van der Waals surface area contributed by atoms with Crippen molar-refractivity contribution in [3.05, 3.63) is 18.2 Å². The first-order valence-corrected chi connectivity index (χ1v) is 4.63. The van der Waals surface area contributed by atoms with Crippen LogP contribution >= 0.6 is 0 Å². The van der Waals surface area contributed by atoms with Crippen molar-refractivity contribution in [3.63, 3.8) is 0 Å². The number of hydrogen-bond donors (Lipinski definition) is 1. The Morgan fingerprint density at radius 3 is 2.07 bits per heavy atom. The second-order valence-electron chi connectivity index (χ2n) is 3.04. The maximum atomic E-state index is 5.15. The van der Waals surface area contributed by atoms with Crippen LogP contribution in [0.1, 0.15) is 6.92 Å². The molecule has 0 radical (unpaired) electrons. The minimum Gasteiger partial charge on any atom is -0.497 e. The van der Waals surface area contributed by atoms with E-state index in [-0.39, 0.29) is 0 Å². The smallest absolute Gasteiger partial charge is 0.124 e. The van der Waals surface area contributed by atoms with E-state index >= 15 is 0 Å². The largest absolute Gasteiger partial charge is 0.497 e. The predicted octanol–water partition coefficient (Wildman–Crippen LogP) is 2.16. The fraction of sp³-hybridized carbons (Fsp3) is 0.364. The number of ether oxygens (including phenoxy) is 2. The number of anilines is 1. The van der Waals surface area contributed by atoms with E-state index < -0.39 is 0 Å². The third-order valence-corrected chi connectivity index (χ3v) is 2.01. The highest BCUT2D eigenvalue weighted by Gasteiger charge is 2.01. The molecule has 1 aromatic rings. The summed E-state index contributed by atoms with van der Waals surface area (Å²) in [5.41, 5.74) is 0.898. The lowest BCUT2D eigenvalue weighted by atomic mass is 10.2. The second-order valence-corrected chi connectivity index (χ2v) is 3.04. The van der Waals surface area contributed by atoms with Crippen LogP contribution in [0.2, 0.25) is 0 Å². The van der Waals surface area contributed by atoms with Crippen molar-refractivity contribution >= 4 is 11.5 Å². The van der Waals surface area contributed by atoms with E-state index in [4.69, 9.17) is 9.47 Å². The number of methoxy groups -OCH3 is 2.